The molecule has 1 N–H and O–H groups in total. The van der Waals surface area contributed by atoms with Gasteiger partial charge >= 0.3 is 0 Å². The molecule has 4 nitrogen and oxygen atoms in total. The highest BCUT2D eigenvalue weighted by Crippen LogP contribution is 2.20. The molecule has 24 heavy (non-hydrogen) atoms. The van der Waals surface area contributed by atoms with Crippen LogP contribution < -0.4 is 5.32 Å². The molecular weight excluding hydrogens is 302 g/mol. The maximum Gasteiger partial charge on any atom is 0.244 e. The third kappa shape index (κ3) is 4.78. The van der Waals surface area contributed by atoms with Gasteiger partial charge in [0.2, 0.25) is 5.91 Å². The van der Waals surface area contributed by atoms with Gasteiger partial charge in [-0.2, -0.15) is 0 Å². The lowest BCUT2D eigenvalue weighted by Crippen LogP contribution is -2.39. The highest BCUT2D eigenvalue weighted by molar-refractivity contribution is 5.91. The molecule has 0 aliphatic carbocycles. The van der Waals surface area contributed by atoms with Gasteiger partial charge in [0.25, 0.3) is 0 Å². The molecule has 0 saturated carbocycles. The third-order valence-corrected chi connectivity index (χ3v) is 3.81. The average Bonchev–Trinajstić information content (AvgIpc) is 2.66. The van der Waals surface area contributed by atoms with Crippen LogP contribution in [0.5, 0.6) is 0 Å². The molecule has 124 valence electrons. The van der Waals surface area contributed by atoms with Crippen LogP contribution in [0.25, 0.3) is 17.2 Å². The minimum absolute atomic E-state index is 0.0579. The van der Waals surface area contributed by atoms with Crippen LogP contribution in [0, 0.1) is 0 Å². The molecule has 0 radical (unpaired) electrons. The topological polar surface area (TPSA) is 47.6 Å². The smallest absolute Gasteiger partial charge is 0.244 e. The van der Waals surface area contributed by atoms with Crippen molar-refractivity contribution in [2.45, 2.75) is 6.10 Å². The fraction of sp³-hybridized carbons (Fsp3) is 0.250. The van der Waals surface area contributed by atoms with E-state index in [-0.39, 0.29) is 12.0 Å². The summed E-state index contributed by atoms with van der Waals surface area (Å²) >= 11 is 0. The number of ether oxygens (including phenoxy) is 2. The molecule has 1 saturated heterocycles. The van der Waals surface area contributed by atoms with Gasteiger partial charge < -0.3 is 14.8 Å². The molecule has 3 rings (SSSR count). The van der Waals surface area contributed by atoms with Crippen LogP contribution in [0.2, 0.25) is 0 Å². The standard InChI is InChI=1S/C20H21NO3/c22-20(21-14-19-15-23-11-12-24-19)10-9-16-5-4-8-18(13-16)17-6-2-1-3-7-17/h1-10,13,19H,11-12,14-15H2,(H,21,22). The van der Waals surface area contributed by atoms with Gasteiger partial charge in [-0.3, -0.25) is 4.79 Å². The van der Waals surface area contributed by atoms with E-state index in [4.69, 9.17) is 9.47 Å². The number of carbonyl (C=O) groups excluding carboxylic acids is 1. The lowest BCUT2D eigenvalue weighted by atomic mass is 10.0. The van der Waals surface area contributed by atoms with Crippen molar-refractivity contribution in [2.75, 3.05) is 26.4 Å². The Morgan fingerprint density at radius 3 is 2.71 bits per heavy atom. The van der Waals surface area contributed by atoms with Crippen LogP contribution >= 0.6 is 0 Å². The van der Waals surface area contributed by atoms with Crippen molar-refractivity contribution in [2.24, 2.45) is 0 Å². The number of amides is 1. The zero-order valence-electron chi connectivity index (χ0n) is 13.5. The molecule has 1 unspecified atom stereocenters. The van der Waals surface area contributed by atoms with E-state index in [1.54, 1.807) is 6.08 Å². The van der Waals surface area contributed by atoms with E-state index < -0.39 is 0 Å². The highest BCUT2D eigenvalue weighted by atomic mass is 16.6. The van der Waals surface area contributed by atoms with Crippen LogP contribution in [-0.2, 0) is 14.3 Å². The first-order chi connectivity index (χ1) is 11.8. The first-order valence-corrected chi connectivity index (χ1v) is 8.12. The Hall–Kier alpha value is -2.43. The van der Waals surface area contributed by atoms with Crippen LogP contribution in [0.3, 0.4) is 0 Å². The molecule has 0 spiro atoms. The predicted octanol–water partition coefficient (Wildman–Crippen LogP) is 2.90. The summed E-state index contributed by atoms with van der Waals surface area (Å²) in [6.07, 6.45) is 3.31. The normalized spacial score (nSPS) is 17.8. The fourth-order valence-corrected chi connectivity index (χ4v) is 2.55. The van der Waals surface area contributed by atoms with Crippen LogP contribution in [0.15, 0.2) is 60.7 Å². The van der Waals surface area contributed by atoms with Crippen molar-refractivity contribution in [1.29, 1.82) is 0 Å². The summed E-state index contributed by atoms with van der Waals surface area (Å²) < 4.78 is 10.8. The number of rotatable bonds is 5. The van der Waals surface area contributed by atoms with E-state index in [2.05, 4.69) is 29.6 Å². The molecule has 2 aromatic carbocycles. The van der Waals surface area contributed by atoms with Gasteiger partial charge in [-0.05, 0) is 28.8 Å². The number of hydrogen-bond acceptors (Lipinski definition) is 3. The van der Waals surface area contributed by atoms with Crippen molar-refractivity contribution in [3.63, 3.8) is 0 Å². The van der Waals surface area contributed by atoms with Crippen LogP contribution in [-0.4, -0.2) is 38.4 Å². The lowest BCUT2D eigenvalue weighted by molar-refractivity contribution is -0.119. The number of hydrogen-bond donors (Lipinski definition) is 1. The molecule has 1 atom stereocenters. The molecule has 2 aromatic rings. The van der Waals surface area contributed by atoms with Crippen molar-refractivity contribution >= 4 is 12.0 Å². The minimum atomic E-state index is -0.130. The SMILES string of the molecule is O=C(C=Cc1cccc(-c2ccccc2)c1)NCC1COCCO1. The summed E-state index contributed by atoms with van der Waals surface area (Å²) in [4.78, 5) is 11.9. The number of carbonyl (C=O) groups is 1. The van der Waals surface area contributed by atoms with Crippen LogP contribution in [0.1, 0.15) is 5.56 Å². The van der Waals surface area contributed by atoms with E-state index in [1.807, 2.05) is 36.4 Å². The molecule has 4 heteroatoms. The Morgan fingerprint density at radius 2 is 1.92 bits per heavy atom. The Morgan fingerprint density at radius 1 is 1.08 bits per heavy atom. The Bertz CT molecular complexity index is 691. The van der Waals surface area contributed by atoms with Gasteiger partial charge in [0.05, 0.1) is 25.9 Å². The van der Waals surface area contributed by atoms with E-state index in [9.17, 15) is 4.79 Å². The minimum Gasteiger partial charge on any atom is -0.376 e. The summed E-state index contributed by atoms with van der Waals surface area (Å²) in [6.45, 7) is 2.21. The van der Waals surface area contributed by atoms with Crippen LogP contribution in [0.4, 0.5) is 0 Å². The van der Waals surface area contributed by atoms with E-state index in [0.29, 0.717) is 26.4 Å². The molecule has 1 aliphatic heterocycles. The van der Waals surface area contributed by atoms with Gasteiger partial charge in [0.1, 0.15) is 0 Å². The van der Waals surface area contributed by atoms with Crippen molar-refractivity contribution in [1.82, 2.24) is 5.32 Å². The molecule has 1 heterocycles. The quantitative estimate of drug-likeness (QED) is 0.861. The largest absolute Gasteiger partial charge is 0.376 e. The summed E-state index contributed by atoms with van der Waals surface area (Å²) in [6, 6.07) is 18.3. The Kier molecular flexibility index (Phi) is 5.77. The lowest BCUT2D eigenvalue weighted by Gasteiger charge is -2.22. The van der Waals surface area contributed by atoms with Gasteiger partial charge in [-0.25, -0.2) is 0 Å². The van der Waals surface area contributed by atoms with Crippen molar-refractivity contribution in [3.8, 4) is 11.1 Å². The van der Waals surface area contributed by atoms with E-state index in [1.165, 1.54) is 0 Å². The first-order valence-electron chi connectivity index (χ1n) is 8.12. The maximum atomic E-state index is 11.9. The van der Waals surface area contributed by atoms with E-state index in [0.717, 1.165) is 16.7 Å². The molecule has 1 aliphatic rings. The summed E-state index contributed by atoms with van der Waals surface area (Å²) in [5.74, 6) is -0.130. The van der Waals surface area contributed by atoms with Crippen molar-refractivity contribution < 1.29 is 14.3 Å². The summed E-state index contributed by atoms with van der Waals surface area (Å²) in [5.41, 5.74) is 3.28. The molecule has 0 aromatic heterocycles. The molecule has 1 fully saturated rings. The van der Waals surface area contributed by atoms with Crippen molar-refractivity contribution in [3.05, 3.63) is 66.2 Å². The first kappa shape index (κ1) is 16.4. The molecule has 1 amide bonds. The number of nitrogens with one attached hydrogen (secondary N) is 1. The van der Waals surface area contributed by atoms with Gasteiger partial charge in [-0.15, -0.1) is 0 Å². The van der Waals surface area contributed by atoms with Gasteiger partial charge in [0.15, 0.2) is 0 Å². The second-order valence-corrected chi connectivity index (χ2v) is 5.64. The second kappa shape index (κ2) is 8.43. The predicted molar refractivity (Wildman–Crippen MR) is 94.5 cm³/mol. The zero-order valence-corrected chi connectivity index (χ0v) is 13.5. The fourth-order valence-electron chi connectivity index (χ4n) is 2.55. The molecular formula is C20H21NO3. The zero-order chi connectivity index (χ0) is 16.6. The van der Waals surface area contributed by atoms with Gasteiger partial charge in [-0.1, -0.05) is 48.5 Å². The van der Waals surface area contributed by atoms with Gasteiger partial charge in [0, 0.05) is 12.6 Å². The third-order valence-electron chi connectivity index (χ3n) is 3.81. The second-order valence-electron chi connectivity index (χ2n) is 5.64. The Labute approximate surface area is 142 Å². The molecule has 0 bridgehead atoms. The summed E-state index contributed by atoms with van der Waals surface area (Å²) in [5, 5.41) is 2.84. The number of benzene rings is 2. The monoisotopic (exact) mass is 323 g/mol. The maximum absolute atomic E-state index is 11.9. The highest BCUT2D eigenvalue weighted by Gasteiger charge is 2.14. The van der Waals surface area contributed by atoms with E-state index >= 15 is 0 Å². The summed E-state index contributed by atoms with van der Waals surface area (Å²) in [7, 11) is 0. The Balaban J connectivity index is 1.57. The average molecular weight is 323 g/mol.